The third kappa shape index (κ3) is 3.32. The molecule has 3 rings (SSSR count). The Morgan fingerprint density at radius 1 is 1.18 bits per heavy atom. The van der Waals surface area contributed by atoms with Crippen LogP contribution in [0.15, 0.2) is 54.0 Å². The van der Waals surface area contributed by atoms with Crippen LogP contribution in [0.2, 0.25) is 5.15 Å². The highest BCUT2D eigenvalue weighted by Gasteiger charge is 2.13. The number of benzene rings is 1. The molecule has 3 aromatic rings. The van der Waals surface area contributed by atoms with E-state index < -0.39 is 5.97 Å². The van der Waals surface area contributed by atoms with Crippen molar-refractivity contribution in [3.63, 3.8) is 0 Å². The molecule has 0 spiro atoms. The highest BCUT2D eigenvalue weighted by molar-refractivity contribution is 7.13. The Bertz CT molecular complexity index is 790. The molecule has 0 amide bonds. The molecular weight excluding hydrogens is 320 g/mol. The summed E-state index contributed by atoms with van der Waals surface area (Å²) in [7, 11) is 0. The van der Waals surface area contributed by atoms with E-state index in [1.165, 1.54) is 17.5 Å². The summed E-state index contributed by atoms with van der Waals surface area (Å²) in [5.41, 5.74) is 2.00. The highest BCUT2D eigenvalue weighted by Crippen LogP contribution is 2.23. The number of hydrogen-bond donors (Lipinski definition) is 0. The Morgan fingerprint density at radius 3 is 2.77 bits per heavy atom. The number of esters is 1. The second-order valence-corrected chi connectivity index (χ2v) is 5.64. The van der Waals surface area contributed by atoms with Gasteiger partial charge in [0, 0.05) is 17.1 Å². The molecule has 0 bridgehead atoms. The monoisotopic (exact) mass is 330 g/mol. The zero-order valence-corrected chi connectivity index (χ0v) is 13.0. The summed E-state index contributed by atoms with van der Waals surface area (Å²) in [4.78, 5) is 20.3. The Kier molecular flexibility index (Phi) is 4.46. The maximum Gasteiger partial charge on any atom is 0.341 e. The van der Waals surface area contributed by atoms with Gasteiger partial charge in [-0.05, 0) is 12.1 Å². The fourth-order valence-corrected chi connectivity index (χ4v) is 2.85. The van der Waals surface area contributed by atoms with Crippen LogP contribution in [-0.4, -0.2) is 15.9 Å². The van der Waals surface area contributed by atoms with Gasteiger partial charge in [0.15, 0.2) is 0 Å². The number of carbonyl (C=O) groups excluding carboxylic acids is 1. The molecule has 1 aromatic carbocycles. The lowest BCUT2D eigenvalue weighted by Crippen LogP contribution is -2.06. The van der Waals surface area contributed by atoms with Gasteiger partial charge < -0.3 is 4.74 Å². The summed E-state index contributed by atoms with van der Waals surface area (Å²) < 4.78 is 5.22. The van der Waals surface area contributed by atoms with Gasteiger partial charge in [-0.3, -0.25) is 0 Å². The Hall–Kier alpha value is -2.24. The molecule has 0 fully saturated rings. The first-order valence-corrected chi connectivity index (χ1v) is 7.77. The maximum absolute atomic E-state index is 11.9. The van der Waals surface area contributed by atoms with Crippen LogP contribution >= 0.6 is 22.9 Å². The van der Waals surface area contributed by atoms with E-state index in [0.717, 1.165) is 10.6 Å². The van der Waals surface area contributed by atoms with Gasteiger partial charge in [0.1, 0.15) is 16.8 Å². The van der Waals surface area contributed by atoms with Crippen molar-refractivity contribution in [2.24, 2.45) is 0 Å². The van der Waals surface area contributed by atoms with Crippen molar-refractivity contribution in [3.05, 3.63) is 70.5 Å². The van der Waals surface area contributed by atoms with Crippen LogP contribution in [-0.2, 0) is 11.3 Å². The first kappa shape index (κ1) is 14.7. The first-order valence-electron chi connectivity index (χ1n) is 6.51. The van der Waals surface area contributed by atoms with E-state index in [4.69, 9.17) is 16.3 Å². The summed E-state index contributed by atoms with van der Waals surface area (Å²) in [6.45, 7) is 0.105. The van der Waals surface area contributed by atoms with Gasteiger partial charge in [-0.2, -0.15) is 0 Å². The van der Waals surface area contributed by atoms with E-state index in [1.807, 2.05) is 35.7 Å². The van der Waals surface area contributed by atoms with Gasteiger partial charge in [-0.15, -0.1) is 11.3 Å². The molecule has 0 saturated heterocycles. The lowest BCUT2D eigenvalue weighted by atomic mass is 10.2. The highest BCUT2D eigenvalue weighted by atomic mass is 35.5. The van der Waals surface area contributed by atoms with Crippen LogP contribution in [0.1, 0.15) is 16.1 Å². The molecule has 4 nitrogen and oxygen atoms in total. The van der Waals surface area contributed by atoms with Gasteiger partial charge in [0.2, 0.25) is 0 Å². The molecular formula is C16H11ClN2O2S. The van der Waals surface area contributed by atoms with Crippen LogP contribution < -0.4 is 0 Å². The molecule has 0 saturated carbocycles. The molecule has 0 unspecified atom stereocenters. The van der Waals surface area contributed by atoms with Gasteiger partial charge in [0.25, 0.3) is 0 Å². The molecule has 0 radical (unpaired) electrons. The fraction of sp³-hybridized carbons (Fsp3) is 0.0625. The number of hydrogen-bond acceptors (Lipinski definition) is 5. The van der Waals surface area contributed by atoms with Crippen LogP contribution in [0.4, 0.5) is 0 Å². The Balaban J connectivity index is 1.67. The van der Waals surface area contributed by atoms with E-state index in [2.05, 4.69) is 9.97 Å². The molecule has 0 aliphatic rings. The molecule has 2 aromatic heterocycles. The van der Waals surface area contributed by atoms with Crippen LogP contribution in [0.25, 0.3) is 10.6 Å². The summed E-state index contributed by atoms with van der Waals surface area (Å²) in [6.07, 6.45) is 1.52. The number of pyridine rings is 1. The minimum absolute atomic E-state index is 0.105. The SMILES string of the molecule is O=C(OCc1csc(-c2ccccc2)n1)c1cccnc1Cl. The van der Waals surface area contributed by atoms with Crippen molar-refractivity contribution in [1.82, 2.24) is 9.97 Å². The van der Waals surface area contributed by atoms with Crippen molar-refractivity contribution < 1.29 is 9.53 Å². The summed E-state index contributed by atoms with van der Waals surface area (Å²) in [5, 5.41) is 2.90. The van der Waals surface area contributed by atoms with Crippen LogP contribution in [0.5, 0.6) is 0 Å². The number of carbonyl (C=O) groups is 1. The van der Waals surface area contributed by atoms with Crippen LogP contribution in [0, 0.1) is 0 Å². The quantitative estimate of drug-likeness (QED) is 0.531. The van der Waals surface area contributed by atoms with Gasteiger partial charge in [-0.25, -0.2) is 14.8 Å². The molecule has 6 heteroatoms. The predicted molar refractivity (Wildman–Crippen MR) is 85.9 cm³/mol. The number of nitrogens with zero attached hydrogens (tertiary/aromatic N) is 2. The predicted octanol–water partition coefficient (Wildman–Crippen LogP) is 4.22. The first-order chi connectivity index (χ1) is 10.7. The number of thiazole rings is 1. The van der Waals surface area contributed by atoms with Crippen molar-refractivity contribution in [2.45, 2.75) is 6.61 Å². The minimum atomic E-state index is -0.507. The maximum atomic E-state index is 11.9. The molecule has 22 heavy (non-hydrogen) atoms. The number of ether oxygens (including phenoxy) is 1. The third-order valence-electron chi connectivity index (χ3n) is 2.90. The van der Waals surface area contributed by atoms with E-state index >= 15 is 0 Å². The van der Waals surface area contributed by atoms with E-state index in [-0.39, 0.29) is 17.3 Å². The van der Waals surface area contributed by atoms with Crippen molar-refractivity contribution in [1.29, 1.82) is 0 Å². The van der Waals surface area contributed by atoms with Crippen molar-refractivity contribution >= 4 is 28.9 Å². The van der Waals surface area contributed by atoms with Crippen molar-refractivity contribution in [3.8, 4) is 10.6 Å². The molecule has 110 valence electrons. The van der Waals surface area contributed by atoms with Gasteiger partial charge >= 0.3 is 5.97 Å². The van der Waals surface area contributed by atoms with Gasteiger partial charge in [0.05, 0.1) is 11.3 Å². The lowest BCUT2D eigenvalue weighted by Gasteiger charge is -2.03. The fourth-order valence-electron chi connectivity index (χ4n) is 1.84. The molecule has 0 N–H and O–H groups in total. The number of halogens is 1. The molecule has 0 aliphatic heterocycles. The summed E-state index contributed by atoms with van der Waals surface area (Å²) in [6, 6.07) is 13.1. The number of aromatic nitrogens is 2. The molecule has 0 aliphatic carbocycles. The van der Waals surface area contributed by atoms with E-state index in [1.54, 1.807) is 12.1 Å². The minimum Gasteiger partial charge on any atom is -0.455 e. The largest absolute Gasteiger partial charge is 0.455 e. The van der Waals surface area contributed by atoms with Crippen molar-refractivity contribution in [2.75, 3.05) is 0 Å². The molecule has 0 atom stereocenters. The third-order valence-corrected chi connectivity index (χ3v) is 4.14. The zero-order chi connectivity index (χ0) is 15.4. The second kappa shape index (κ2) is 6.68. The summed E-state index contributed by atoms with van der Waals surface area (Å²) >= 11 is 7.37. The topological polar surface area (TPSA) is 52.1 Å². The zero-order valence-electron chi connectivity index (χ0n) is 11.4. The Labute approximate surface area is 136 Å². The Morgan fingerprint density at radius 2 is 2.00 bits per heavy atom. The summed E-state index contributed by atoms with van der Waals surface area (Å²) in [5.74, 6) is -0.507. The second-order valence-electron chi connectivity index (χ2n) is 4.43. The standard InChI is InChI=1S/C16H11ClN2O2S/c17-14-13(7-4-8-18-14)16(20)21-9-12-10-22-15(19-12)11-5-2-1-3-6-11/h1-8,10H,9H2. The lowest BCUT2D eigenvalue weighted by molar-refractivity contribution is 0.0468. The average Bonchev–Trinajstić information content (AvgIpc) is 3.03. The van der Waals surface area contributed by atoms with Crippen LogP contribution in [0.3, 0.4) is 0 Å². The van der Waals surface area contributed by atoms with Gasteiger partial charge in [-0.1, -0.05) is 41.9 Å². The molecule has 2 heterocycles. The average molecular weight is 331 g/mol. The smallest absolute Gasteiger partial charge is 0.341 e. The number of rotatable bonds is 4. The van der Waals surface area contributed by atoms with E-state index in [9.17, 15) is 4.79 Å². The normalized spacial score (nSPS) is 10.4. The van der Waals surface area contributed by atoms with E-state index in [0.29, 0.717) is 5.69 Å².